The minimum atomic E-state index is -4.63. The van der Waals surface area contributed by atoms with Gasteiger partial charge in [-0.3, -0.25) is 9.59 Å². The predicted octanol–water partition coefficient (Wildman–Crippen LogP) is 2.66. The first-order valence-electron chi connectivity index (χ1n) is 9.17. The highest BCUT2D eigenvalue weighted by Crippen LogP contribution is 2.36. The fourth-order valence-electron chi connectivity index (χ4n) is 3.33. The molecule has 0 spiro atoms. The molecule has 0 aliphatic carbocycles. The van der Waals surface area contributed by atoms with Crippen molar-refractivity contribution in [3.63, 3.8) is 0 Å². The number of carbonyl (C=O) groups is 3. The summed E-state index contributed by atoms with van der Waals surface area (Å²) in [6.45, 7) is 1.86. The minimum absolute atomic E-state index is 0.0329. The van der Waals surface area contributed by atoms with E-state index in [1.54, 1.807) is 0 Å². The summed E-state index contributed by atoms with van der Waals surface area (Å²) in [6, 6.07) is 2.54. The van der Waals surface area contributed by atoms with Gasteiger partial charge in [-0.1, -0.05) is 11.6 Å². The minimum Gasteiger partial charge on any atom is -0.334 e. The Labute approximate surface area is 170 Å². The van der Waals surface area contributed by atoms with E-state index in [1.807, 2.05) is 0 Å². The lowest BCUT2D eigenvalue weighted by Crippen LogP contribution is -2.54. The third kappa shape index (κ3) is 4.92. The molecule has 2 saturated heterocycles. The normalized spacial score (nSPS) is 17.4. The molecule has 0 atom stereocenters. The summed E-state index contributed by atoms with van der Waals surface area (Å²) in [5.41, 5.74) is -1.07. The second-order valence-electron chi connectivity index (χ2n) is 6.90. The molecule has 0 radical (unpaired) electrons. The summed E-state index contributed by atoms with van der Waals surface area (Å²) in [7, 11) is 0. The standard InChI is InChI=1S/C18H20ClF3N4O3/c19-14-4-3-12(11-13(14)18(20,21)22)23-17(29)26-9-7-25(8-10-26)16(28)15(27)24-5-1-2-6-24/h3-4,11H,1-2,5-10H2,(H,23,29). The van der Waals surface area contributed by atoms with Gasteiger partial charge >= 0.3 is 24.0 Å². The van der Waals surface area contributed by atoms with Gasteiger partial charge in [0.15, 0.2) is 0 Å². The lowest BCUT2D eigenvalue weighted by Gasteiger charge is -2.35. The summed E-state index contributed by atoms with van der Waals surface area (Å²) in [5.74, 6) is -1.11. The number of carbonyl (C=O) groups excluding carboxylic acids is 3. The van der Waals surface area contributed by atoms with Crippen LogP contribution < -0.4 is 5.32 Å². The van der Waals surface area contributed by atoms with Gasteiger partial charge in [-0.25, -0.2) is 4.79 Å². The molecule has 11 heteroatoms. The molecule has 7 nitrogen and oxygen atoms in total. The second kappa shape index (κ2) is 8.48. The van der Waals surface area contributed by atoms with E-state index in [9.17, 15) is 27.6 Å². The van der Waals surface area contributed by atoms with Crippen LogP contribution in [0.5, 0.6) is 0 Å². The van der Waals surface area contributed by atoms with Crippen molar-refractivity contribution < 1.29 is 27.6 Å². The van der Waals surface area contributed by atoms with Crippen molar-refractivity contribution in [2.75, 3.05) is 44.6 Å². The van der Waals surface area contributed by atoms with E-state index in [2.05, 4.69) is 5.32 Å². The number of alkyl halides is 3. The van der Waals surface area contributed by atoms with Crippen molar-refractivity contribution in [3.8, 4) is 0 Å². The van der Waals surface area contributed by atoms with E-state index in [1.165, 1.54) is 20.8 Å². The van der Waals surface area contributed by atoms with Crippen molar-refractivity contribution in [2.24, 2.45) is 0 Å². The van der Waals surface area contributed by atoms with Crippen molar-refractivity contribution in [1.82, 2.24) is 14.7 Å². The van der Waals surface area contributed by atoms with Crippen LogP contribution in [0.4, 0.5) is 23.7 Å². The third-order valence-corrected chi connectivity index (χ3v) is 5.28. The Morgan fingerprint density at radius 2 is 1.38 bits per heavy atom. The predicted molar refractivity (Wildman–Crippen MR) is 99.4 cm³/mol. The van der Waals surface area contributed by atoms with Crippen LogP contribution in [0.15, 0.2) is 18.2 Å². The van der Waals surface area contributed by atoms with Crippen LogP contribution in [0, 0.1) is 0 Å². The summed E-state index contributed by atoms with van der Waals surface area (Å²) in [4.78, 5) is 41.2. The number of benzene rings is 1. The lowest BCUT2D eigenvalue weighted by atomic mass is 10.2. The van der Waals surface area contributed by atoms with Crippen LogP contribution in [-0.4, -0.2) is 71.8 Å². The Morgan fingerprint density at radius 3 is 1.93 bits per heavy atom. The lowest BCUT2D eigenvalue weighted by molar-refractivity contribution is -0.152. The van der Waals surface area contributed by atoms with Gasteiger partial charge in [0.2, 0.25) is 0 Å². The van der Waals surface area contributed by atoms with Gasteiger partial charge in [0, 0.05) is 45.0 Å². The maximum Gasteiger partial charge on any atom is 0.417 e. The highest BCUT2D eigenvalue weighted by molar-refractivity contribution is 6.35. The molecule has 2 aliphatic heterocycles. The number of urea groups is 1. The van der Waals surface area contributed by atoms with E-state index in [4.69, 9.17) is 11.6 Å². The first-order valence-corrected chi connectivity index (χ1v) is 9.55. The number of hydrogen-bond acceptors (Lipinski definition) is 3. The molecule has 0 unspecified atom stereocenters. The highest BCUT2D eigenvalue weighted by atomic mass is 35.5. The number of halogens is 4. The van der Waals surface area contributed by atoms with Crippen LogP contribution in [-0.2, 0) is 15.8 Å². The maximum atomic E-state index is 12.9. The third-order valence-electron chi connectivity index (χ3n) is 4.95. The van der Waals surface area contributed by atoms with Crippen LogP contribution in [0.25, 0.3) is 0 Å². The summed E-state index contributed by atoms with van der Waals surface area (Å²) >= 11 is 5.57. The van der Waals surface area contributed by atoms with E-state index in [-0.39, 0.29) is 31.9 Å². The number of hydrogen-bond donors (Lipinski definition) is 1. The van der Waals surface area contributed by atoms with Crippen LogP contribution in [0.1, 0.15) is 18.4 Å². The molecule has 2 heterocycles. The zero-order chi connectivity index (χ0) is 21.2. The first-order chi connectivity index (χ1) is 13.7. The molecule has 1 aromatic rings. The Hall–Kier alpha value is -2.49. The zero-order valence-electron chi connectivity index (χ0n) is 15.5. The summed E-state index contributed by atoms with van der Waals surface area (Å²) in [6.07, 6.45) is -2.87. The summed E-state index contributed by atoms with van der Waals surface area (Å²) in [5, 5.41) is 1.96. The van der Waals surface area contributed by atoms with Crippen molar-refractivity contribution in [2.45, 2.75) is 19.0 Å². The van der Waals surface area contributed by atoms with E-state index >= 15 is 0 Å². The topological polar surface area (TPSA) is 73.0 Å². The van der Waals surface area contributed by atoms with E-state index in [0.29, 0.717) is 13.1 Å². The second-order valence-corrected chi connectivity index (χ2v) is 7.31. The largest absolute Gasteiger partial charge is 0.417 e. The number of anilines is 1. The van der Waals surface area contributed by atoms with Gasteiger partial charge < -0.3 is 20.0 Å². The van der Waals surface area contributed by atoms with Gasteiger partial charge in [0.1, 0.15) is 0 Å². The van der Waals surface area contributed by atoms with Gasteiger partial charge in [0.25, 0.3) is 0 Å². The quantitative estimate of drug-likeness (QED) is 0.693. The average Bonchev–Trinajstić information content (AvgIpc) is 3.22. The van der Waals surface area contributed by atoms with Gasteiger partial charge in [-0.2, -0.15) is 13.2 Å². The molecule has 3 rings (SSSR count). The molecular weight excluding hydrogens is 413 g/mol. The van der Waals surface area contributed by atoms with E-state index < -0.39 is 34.6 Å². The van der Waals surface area contributed by atoms with Gasteiger partial charge in [-0.05, 0) is 31.0 Å². The Balaban J connectivity index is 1.55. The first kappa shape index (κ1) is 21.2. The molecule has 0 saturated carbocycles. The molecule has 1 aromatic carbocycles. The average molecular weight is 433 g/mol. The molecule has 4 amide bonds. The number of piperazine rings is 1. The summed E-state index contributed by atoms with van der Waals surface area (Å²) < 4.78 is 38.8. The fourth-order valence-corrected chi connectivity index (χ4v) is 3.55. The van der Waals surface area contributed by atoms with Crippen molar-refractivity contribution >= 4 is 35.1 Å². The van der Waals surface area contributed by atoms with E-state index in [0.717, 1.165) is 25.0 Å². The van der Waals surface area contributed by atoms with Crippen LogP contribution in [0.3, 0.4) is 0 Å². The SMILES string of the molecule is O=C(Nc1ccc(Cl)c(C(F)(F)F)c1)N1CCN(C(=O)C(=O)N2CCCC2)CC1. The Bertz CT molecular complexity index is 804. The molecule has 0 aromatic heterocycles. The number of nitrogens with zero attached hydrogens (tertiary/aromatic N) is 3. The highest BCUT2D eigenvalue weighted by Gasteiger charge is 2.34. The van der Waals surface area contributed by atoms with Gasteiger partial charge in [-0.15, -0.1) is 0 Å². The molecule has 158 valence electrons. The molecule has 1 N–H and O–H groups in total. The Morgan fingerprint density at radius 1 is 0.862 bits per heavy atom. The van der Waals surface area contributed by atoms with Crippen LogP contribution in [0.2, 0.25) is 5.02 Å². The molecule has 0 bridgehead atoms. The maximum absolute atomic E-state index is 12.9. The fraction of sp³-hybridized carbons (Fsp3) is 0.500. The monoisotopic (exact) mass is 432 g/mol. The zero-order valence-corrected chi connectivity index (χ0v) is 16.2. The number of amides is 4. The van der Waals surface area contributed by atoms with Crippen molar-refractivity contribution in [3.05, 3.63) is 28.8 Å². The number of rotatable bonds is 1. The van der Waals surface area contributed by atoms with Crippen molar-refractivity contribution in [1.29, 1.82) is 0 Å². The molecule has 2 aliphatic rings. The molecule has 29 heavy (non-hydrogen) atoms. The smallest absolute Gasteiger partial charge is 0.334 e. The van der Waals surface area contributed by atoms with Crippen LogP contribution >= 0.6 is 11.6 Å². The molecular formula is C18H20ClF3N4O3. The number of nitrogens with one attached hydrogen (secondary N) is 1. The molecule has 2 fully saturated rings. The Kier molecular flexibility index (Phi) is 6.21. The number of likely N-dealkylation sites (tertiary alicyclic amines) is 1. The van der Waals surface area contributed by atoms with Gasteiger partial charge in [0.05, 0.1) is 10.6 Å².